The van der Waals surface area contributed by atoms with Crippen molar-refractivity contribution in [3.63, 3.8) is 0 Å². The van der Waals surface area contributed by atoms with E-state index < -0.39 is 24.2 Å². The lowest BCUT2D eigenvalue weighted by Crippen LogP contribution is -2.45. The molecule has 1 fully saturated rings. The zero-order chi connectivity index (χ0) is 17.8. The van der Waals surface area contributed by atoms with E-state index in [1.54, 1.807) is 18.2 Å². The van der Waals surface area contributed by atoms with Gasteiger partial charge in [0.25, 0.3) is 5.91 Å². The van der Waals surface area contributed by atoms with Crippen LogP contribution < -0.4 is 0 Å². The van der Waals surface area contributed by atoms with Gasteiger partial charge in [-0.1, -0.05) is 12.1 Å². The summed E-state index contributed by atoms with van der Waals surface area (Å²) in [5.74, 6) is -1.85. The standard InChI is InChI=1S/C18H18FNO5/c19-14-4-2-1-3-13(14)15-5-6-16(25-15)18(23)20(11-17(21)22)12-7-9-24-10-8-12/h1-6,12H,7-11H2,(H,21,22). The summed E-state index contributed by atoms with van der Waals surface area (Å²) in [6, 6.07) is 8.81. The van der Waals surface area contributed by atoms with Crippen LogP contribution in [0.15, 0.2) is 40.8 Å². The molecule has 1 aliphatic heterocycles. The number of amides is 1. The quantitative estimate of drug-likeness (QED) is 0.900. The Bertz CT molecular complexity index is 766. The maximum absolute atomic E-state index is 13.9. The second-order valence-electron chi connectivity index (χ2n) is 5.81. The fourth-order valence-corrected chi connectivity index (χ4v) is 2.91. The SMILES string of the molecule is O=C(O)CN(C(=O)c1ccc(-c2ccccc2F)o1)C1CCOCC1. The van der Waals surface area contributed by atoms with E-state index in [4.69, 9.17) is 14.3 Å². The maximum Gasteiger partial charge on any atom is 0.323 e. The number of benzene rings is 1. The number of carboxylic acid groups (broad SMARTS) is 1. The number of furan rings is 1. The molecule has 1 saturated heterocycles. The van der Waals surface area contributed by atoms with Crippen LogP contribution in [0.5, 0.6) is 0 Å². The molecule has 2 aromatic rings. The molecule has 132 valence electrons. The number of halogens is 1. The normalized spacial score (nSPS) is 15.1. The fourth-order valence-electron chi connectivity index (χ4n) is 2.91. The molecule has 0 bridgehead atoms. The number of rotatable bonds is 5. The molecule has 7 heteroatoms. The van der Waals surface area contributed by atoms with Gasteiger partial charge < -0.3 is 19.2 Å². The smallest absolute Gasteiger partial charge is 0.323 e. The Hall–Kier alpha value is -2.67. The van der Waals surface area contributed by atoms with Crippen molar-refractivity contribution in [2.75, 3.05) is 19.8 Å². The fraction of sp³-hybridized carbons (Fsp3) is 0.333. The van der Waals surface area contributed by atoms with Gasteiger partial charge in [0.15, 0.2) is 5.76 Å². The van der Waals surface area contributed by atoms with E-state index in [9.17, 15) is 14.0 Å². The zero-order valence-corrected chi connectivity index (χ0v) is 13.5. The van der Waals surface area contributed by atoms with Gasteiger partial charge in [0.2, 0.25) is 0 Å². The second kappa shape index (κ2) is 7.48. The van der Waals surface area contributed by atoms with E-state index in [0.29, 0.717) is 26.1 Å². The molecular formula is C18H18FNO5. The summed E-state index contributed by atoms with van der Waals surface area (Å²) in [5.41, 5.74) is 0.248. The monoisotopic (exact) mass is 347 g/mol. The molecule has 0 saturated carbocycles. The number of carbonyl (C=O) groups is 2. The van der Waals surface area contributed by atoms with Crippen molar-refractivity contribution in [2.24, 2.45) is 0 Å². The summed E-state index contributed by atoms with van der Waals surface area (Å²) in [6.45, 7) is 0.540. The highest BCUT2D eigenvalue weighted by atomic mass is 19.1. The van der Waals surface area contributed by atoms with Crippen molar-refractivity contribution in [3.8, 4) is 11.3 Å². The molecule has 1 N–H and O–H groups in total. The maximum atomic E-state index is 13.9. The van der Waals surface area contributed by atoms with Gasteiger partial charge in [-0.25, -0.2) is 4.39 Å². The minimum Gasteiger partial charge on any atom is -0.480 e. The van der Waals surface area contributed by atoms with Crippen molar-refractivity contribution in [1.29, 1.82) is 0 Å². The van der Waals surface area contributed by atoms with E-state index in [1.165, 1.54) is 23.1 Å². The number of carboxylic acids is 1. The van der Waals surface area contributed by atoms with Crippen LogP contribution in [0.4, 0.5) is 4.39 Å². The number of carbonyl (C=O) groups excluding carboxylic acids is 1. The predicted molar refractivity (Wildman–Crippen MR) is 86.6 cm³/mol. The van der Waals surface area contributed by atoms with Gasteiger partial charge in [-0.3, -0.25) is 9.59 Å². The summed E-state index contributed by atoms with van der Waals surface area (Å²) in [5, 5.41) is 9.12. The Morgan fingerprint density at radius 1 is 1.16 bits per heavy atom. The molecule has 0 spiro atoms. The van der Waals surface area contributed by atoms with Crippen molar-refractivity contribution in [3.05, 3.63) is 48.0 Å². The van der Waals surface area contributed by atoms with Crippen LogP contribution in [-0.4, -0.2) is 47.7 Å². The van der Waals surface area contributed by atoms with E-state index in [1.807, 2.05) is 0 Å². The molecule has 1 aromatic carbocycles. The minimum atomic E-state index is -1.10. The highest BCUT2D eigenvalue weighted by molar-refractivity contribution is 5.94. The minimum absolute atomic E-state index is 0.00834. The summed E-state index contributed by atoms with van der Waals surface area (Å²) >= 11 is 0. The molecule has 25 heavy (non-hydrogen) atoms. The third-order valence-electron chi connectivity index (χ3n) is 4.15. The van der Waals surface area contributed by atoms with Crippen LogP contribution in [0.3, 0.4) is 0 Å². The third kappa shape index (κ3) is 3.88. The average molecular weight is 347 g/mol. The Morgan fingerprint density at radius 3 is 2.56 bits per heavy atom. The number of aliphatic carboxylic acids is 1. The van der Waals surface area contributed by atoms with Crippen LogP contribution in [0.1, 0.15) is 23.4 Å². The van der Waals surface area contributed by atoms with E-state index in [0.717, 1.165) is 0 Å². The van der Waals surface area contributed by atoms with E-state index in [-0.39, 0.29) is 23.1 Å². The lowest BCUT2D eigenvalue weighted by atomic mass is 10.1. The Balaban J connectivity index is 1.84. The van der Waals surface area contributed by atoms with Crippen molar-refractivity contribution >= 4 is 11.9 Å². The lowest BCUT2D eigenvalue weighted by Gasteiger charge is -2.32. The first kappa shape index (κ1) is 17.2. The van der Waals surface area contributed by atoms with Gasteiger partial charge in [-0.05, 0) is 37.1 Å². The van der Waals surface area contributed by atoms with E-state index >= 15 is 0 Å². The van der Waals surface area contributed by atoms with E-state index in [2.05, 4.69) is 0 Å². The first-order chi connectivity index (χ1) is 12.1. The largest absolute Gasteiger partial charge is 0.480 e. The molecule has 1 aliphatic rings. The summed E-state index contributed by atoms with van der Waals surface area (Å²) in [4.78, 5) is 25.2. The zero-order valence-electron chi connectivity index (χ0n) is 13.5. The first-order valence-corrected chi connectivity index (χ1v) is 8.01. The molecule has 1 aromatic heterocycles. The van der Waals surface area contributed by atoms with Gasteiger partial charge in [-0.15, -0.1) is 0 Å². The second-order valence-corrected chi connectivity index (χ2v) is 5.81. The van der Waals surface area contributed by atoms with Crippen LogP contribution in [0, 0.1) is 5.82 Å². The number of hydrogen-bond acceptors (Lipinski definition) is 4. The molecule has 2 heterocycles. The number of nitrogens with zero attached hydrogens (tertiary/aromatic N) is 1. The summed E-state index contributed by atoms with van der Waals surface area (Å²) in [6.07, 6.45) is 1.14. The van der Waals surface area contributed by atoms with Crippen molar-refractivity contribution in [2.45, 2.75) is 18.9 Å². The molecule has 1 amide bonds. The Kier molecular flexibility index (Phi) is 5.14. The van der Waals surface area contributed by atoms with Crippen LogP contribution in [0.2, 0.25) is 0 Å². The Morgan fingerprint density at radius 2 is 1.88 bits per heavy atom. The highest BCUT2D eigenvalue weighted by Crippen LogP contribution is 2.26. The van der Waals surface area contributed by atoms with Gasteiger partial charge in [0.05, 0.1) is 5.56 Å². The highest BCUT2D eigenvalue weighted by Gasteiger charge is 2.30. The summed E-state index contributed by atoms with van der Waals surface area (Å²) < 4.78 is 24.6. The predicted octanol–water partition coefficient (Wildman–Crippen LogP) is 2.79. The number of hydrogen-bond donors (Lipinski definition) is 1. The van der Waals surface area contributed by atoms with Crippen LogP contribution >= 0.6 is 0 Å². The first-order valence-electron chi connectivity index (χ1n) is 8.01. The van der Waals surface area contributed by atoms with Gasteiger partial charge in [0.1, 0.15) is 18.1 Å². The van der Waals surface area contributed by atoms with Gasteiger partial charge in [-0.2, -0.15) is 0 Å². The van der Waals surface area contributed by atoms with Gasteiger partial charge >= 0.3 is 5.97 Å². The molecule has 0 radical (unpaired) electrons. The van der Waals surface area contributed by atoms with Crippen LogP contribution in [-0.2, 0) is 9.53 Å². The molecule has 0 unspecified atom stereocenters. The molecule has 6 nitrogen and oxygen atoms in total. The molecule has 0 aliphatic carbocycles. The third-order valence-corrected chi connectivity index (χ3v) is 4.15. The van der Waals surface area contributed by atoms with Crippen LogP contribution in [0.25, 0.3) is 11.3 Å². The number of ether oxygens (including phenoxy) is 1. The van der Waals surface area contributed by atoms with Gasteiger partial charge in [0, 0.05) is 19.3 Å². The van der Waals surface area contributed by atoms with Crippen molar-refractivity contribution < 1.29 is 28.2 Å². The molecular weight excluding hydrogens is 329 g/mol. The van der Waals surface area contributed by atoms with Crippen molar-refractivity contribution in [1.82, 2.24) is 4.90 Å². The Labute approximate surface area is 143 Å². The topological polar surface area (TPSA) is 80.0 Å². The lowest BCUT2D eigenvalue weighted by molar-refractivity contribution is -0.138. The molecule has 0 atom stereocenters. The summed E-state index contributed by atoms with van der Waals surface area (Å²) in [7, 11) is 0. The molecule has 3 rings (SSSR count). The average Bonchev–Trinajstić information content (AvgIpc) is 3.10.